The highest BCUT2D eigenvalue weighted by atomic mass is 32.2. The van der Waals surface area contributed by atoms with Crippen molar-refractivity contribution in [2.45, 2.75) is 50.7 Å². The molecule has 0 saturated carbocycles. The van der Waals surface area contributed by atoms with Gasteiger partial charge in [-0.2, -0.15) is 0 Å². The molecule has 1 aromatic carbocycles. The number of piperidine rings is 1. The van der Waals surface area contributed by atoms with Gasteiger partial charge in [0.1, 0.15) is 0 Å². The Morgan fingerprint density at radius 1 is 1.04 bits per heavy atom. The van der Waals surface area contributed by atoms with Crippen molar-refractivity contribution >= 4 is 35.1 Å². The fourth-order valence-corrected chi connectivity index (χ4v) is 7.41. The molecule has 1 fully saturated rings. The fourth-order valence-electron chi connectivity index (χ4n) is 4.80. The van der Waals surface area contributed by atoms with Gasteiger partial charge in [0.15, 0.2) is 0 Å². The number of thiophene rings is 1. The summed E-state index contributed by atoms with van der Waals surface area (Å²) in [6, 6.07) is 10.8. The van der Waals surface area contributed by atoms with Crippen LogP contribution in [0.15, 0.2) is 35.2 Å². The molecule has 0 atom stereocenters. The minimum Gasteiger partial charge on any atom is -0.338 e. The van der Waals surface area contributed by atoms with Gasteiger partial charge in [0, 0.05) is 28.6 Å². The van der Waals surface area contributed by atoms with Crippen LogP contribution in [0.25, 0.3) is 6.08 Å². The van der Waals surface area contributed by atoms with Gasteiger partial charge in [-0.3, -0.25) is 4.79 Å². The Labute approximate surface area is 176 Å². The molecule has 5 rings (SSSR count). The number of thioether (sulfide) groups is 1. The van der Waals surface area contributed by atoms with Gasteiger partial charge >= 0.3 is 0 Å². The minimum absolute atomic E-state index is 0.264. The molecule has 1 aromatic heterocycles. The van der Waals surface area contributed by atoms with Gasteiger partial charge in [-0.25, -0.2) is 0 Å². The minimum atomic E-state index is 0.264. The summed E-state index contributed by atoms with van der Waals surface area (Å²) in [5.41, 5.74) is 4.57. The molecule has 146 valence electrons. The monoisotopic (exact) mass is 409 g/mol. The third-order valence-corrected chi connectivity index (χ3v) is 8.74. The summed E-state index contributed by atoms with van der Waals surface area (Å²) in [5, 5.41) is 0. The highest BCUT2D eigenvalue weighted by Crippen LogP contribution is 2.43. The first-order valence-corrected chi connectivity index (χ1v) is 12.4. The predicted molar refractivity (Wildman–Crippen MR) is 120 cm³/mol. The molecule has 3 aliphatic rings. The lowest BCUT2D eigenvalue weighted by atomic mass is 9.90. The number of benzene rings is 1. The Bertz CT molecular complexity index is 891. The van der Waals surface area contributed by atoms with Crippen LogP contribution in [0.3, 0.4) is 0 Å². The van der Waals surface area contributed by atoms with Crippen molar-refractivity contribution in [2.75, 3.05) is 13.1 Å². The lowest BCUT2D eigenvalue weighted by Crippen LogP contribution is -2.39. The van der Waals surface area contributed by atoms with Crippen LogP contribution in [0, 0.1) is 5.92 Å². The molecule has 0 spiro atoms. The average Bonchev–Trinajstić information content (AvgIpc) is 3.12. The molecule has 0 unspecified atom stereocenters. The number of carbonyl (C=O) groups is 1. The van der Waals surface area contributed by atoms with Crippen LogP contribution in [0.1, 0.15) is 52.1 Å². The van der Waals surface area contributed by atoms with Crippen molar-refractivity contribution in [3.63, 3.8) is 0 Å². The Morgan fingerprint density at radius 3 is 2.64 bits per heavy atom. The van der Waals surface area contributed by atoms with Gasteiger partial charge in [0.25, 0.3) is 5.91 Å². The molecule has 1 amide bonds. The Balaban J connectivity index is 1.23. The summed E-state index contributed by atoms with van der Waals surface area (Å²) in [7, 11) is 0. The number of nitrogens with zero attached hydrogens (tertiary/aromatic N) is 1. The first kappa shape index (κ1) is 18.5. The molecule has 28 heavy (non-hydrogen) atoms. The Hall–Kier alpha value is -1.52. The van der Waals surface area contributed by atoms with Gasteiger partial charge in [0.2, 0.25) is 0 Å². The zero-order valence-electron chi connectivity index (χ0n) is 16.3. The quantitative estimate of drug-likeness (QED) is 0.648. The second-order valence-corrected chi connectivity index (χ2v) is 10.4. The molecule has 0 radical (unpaired) electrons. The van der Waals surface area contributed by atoms with Gasteiger partial charge in [-0.15, -0.1) is 23.1 Å². The van der Waals surface area contributed by atoms with Crippen molar-refractivity contribution in [1.82, 2.24) is 4.90 Å². The van der Waals surface area contributed by atoms with E-state index in [1.165, 1.54) is 41.7 Å². The maximum atomic E-state index is 13.1. The van der Waals surface area contributed by atoms with Crippen LogP contribution in [0.4, 0.5) is 0 Å². The van der Waals surface area contributed by atoms with Crippen molar-refractivity contribution < 1.29 is 4.79 Å². The van der Waals surface area contributed by atoms with Crippen LogP contribution in [0.2, 0.25) is 0 Å². The maximum absolute atomic E-state index is 13.1. The predicted octanol–water partition coefficient (Wildman–Crippen LogP) is 5.70. The van der Waals surface area contributed by atoms with E-state index in [9.17, 15) is 4.79 Å². The number of aryl methyl sites for hydroxylation is 1. The van der Waals surface area contributed by atoms with Crippen LogP contribution in [-0.2, 0) is 29.8 Å². The molecule has 3 heterocycles. The molecule has 2 aliphatic heterocycles. The first-order chi connectivity index (χ1) is 13.8. The second-order valence-electron chi connectivity index (χ2n) is 8.28. The number of rotatable bonds is 3. The smallest absolute Gasteiger partial charge is 0.260 e. The van der Waals surface area contributed by atoms with Gasteiger partial charge in [0.05, 0.1) is 4.91 Å². The van der Waals surface area contributed by atoms with E-state index in [2.05, 4.69) is 41.3 Å². The van der Waals surface area contributed by atoms with Gasteiger partial charge < -0.3 is 4.90 Å². The third-order valence-electron chi connectivity index (χ3n) is 6.43. The highest BCUT2D eigenvalue weighted by molar-refractivity contribution is 8.03. The van der Waals surface area contributed by atoms with Gasteiger partial charge in [-0.05, 0) is 73.6 Å². The summed E-state index contributed by atoms with van der Waals surface area (Å²) in [6.45, 7) is 1.81. The fraction of sp³-hybridized carbons (Fsp3) is 0.458. The topological polar surface area (TPSA) is 20.3 Å². The van der Waals surface area contributed by atoms with E-state index in [1.54, 1.807) is 22.2 Å². The Kier molecular flexibility index (Phi) is 5.34. The molecule has 0 bridgehead atoms. The maximum Gasteiger partial charge on any atom is 0.260 e. The largest absolute Gasteiger partial charge is 0.338 e. The van der Waals surface area contributed by atoms with E-state index in [0.29, 0.717) is 5.92 Å². The third kappa shape index (κ3) is 3.69. The van der Waals surface area contributed by atoms with Crippen molar-refractivity contribution in [3.8, 4) is 0 Å². The zero-order chi connectivity index (χ0) is 18.9. The number of carbonyl (C=O) groups excluding carboxylic acids is 1. The summed E-state index contributed by atoms with van der Waals surface area (Å²) in [4.78, 5) is 19.1. The van der Waals surface area contributed by atoms with Gasteiger partial charge in [-0.1, -0.05) is 30.3 Å². The number of likely N-dealkylation sites (tertiary alicyclic amines) is 1. The molecule has 1 aliphatic carbocycles. The molecular formula is C24H27NOS2. The second kappa shape index (κ2) is 8.08. The van der Waals surface area contributed by atoms with E-state index in [0.717, 1.165) is 43.0 Å². The molecule has 1 saturated heterocycles. The lowest BCUT2D eigenvalue weighted by molar-refractivity contribution is -0.127. The van der Waals surface area contributed by atoms with Crippen molar-refractivity contribution in [1.29, 1.82) is 0 Å². The van der Waals surface area contributed by atoms with Crippen LogP contribution in [-0.4, -0.2) is 23.9 Å². The number of hydrogen-bond donors (Lipinski definition) is 0. The summed E-state index contributed by atoms with van der Waals surface area (Å²) in [5.74, 6) is 1.96. The number of hydrogen-bond acceptors (Lipinski definition) is 3. The SMILES string of the molecule is O=C(C1=Cc2sc3c(c2CS1)CCCC3)N1CCC(Cc2ccccc2)CC1. The van der Waals surface area contributed by atoms with E-state index in [-0.39, 0.29) is 5.91 Å². The van der Waals surface area contributed by atoms with Crippen LogP contribution in [0.5, 0.6) is 0 Å². The lowest BCUT2D eigenvalue weighted by Gasteiger charge is -2.33. The Morgan fingerprint density at radius 2 is 1.82 bits per heavy atom. The number of fused-ring (bicyclic) bond motifs is 3. The summed E-state index contributed by atoms with van der Waals surface area (Å²) in [6.07, 6.45) is 10.7. The highest BCUT2D eigenvalue weighted by Gasteiger charge is 2.29. The molecular weight excluding hydrogens is 382 g/mol. The average molecular weight is 410 g/mol. The standard InChI is InChI=1S/C24H27NOS2/c26-24(25-12-10-18(11-13-25)14-17-6-2-1-3-7-17)23-15-22-20(16-27-23)19-8-4-5-9-21(19)28-22/h1-3,6-7,15,18H,4-5,8-14,16H2. The van der Waals surface area contributed by atoms with Crippen molar-refractivity contribution in [2.24, 2.45) is 5.92 Å². The van der Waals surface area contributed by atoms with Crippen LogP contribution >= 0.6 is 23.1 Å². The van der Waals surface area contributed by atoms with E-state index in [4.69, 9.17) is 0 Å². The molecule has 2 aromatic rings. The molecule has 0 N–H and O–H groups in total. The first-order valence-electron chi connectivity index (χ1n) is 10.6. The van der Waals surface area contributed by atoms with E-state index < -0.39 is 0 Å². The van der Waals surface area contributed by atoms with E-state index >= 15 is 0 Å². The van der Waals surface area contributed by atoms with Crippen LogP contribution < -0.4 is 0 Å². The summed E-state index contributed by atoms with van der Waals surface area (Å²) >= 11 is 3.71. The van der Waals surface area contributed by atoms with E-state index in [1.807, 2.05) is 11.3 Å². The van der Waals surface area contributed by atoms with Crippen molar-refractivity contribution in [3.05, 3.63) is 61.7 Å². The number of amides is 1. The molecule has 4 heteroatoms. The molecule has 2 nitrogen and oxygen atoms in total. The zero-order valence-corrected chi connectivity index (χ0v) is 17.9. The summed E-state index contributed by atoms with van der Waals surface area (Å²) < 4.78 is 0. The normalized spacial score (nSPS) is 19.7.